The molecule has 0 N–H and O–H groups in total. The lowest BCUT2D eigenvalue weighted by atomic mass is 9.94. The summed E-state index contributed by atoms with van der Waals surface area (Å²) in [6.07, 6.45) is 1.48. The van der Waals surface area contributed by atoms with Gasteiger partial charge in [-0.15, -0.1) is 11.3 Å². The lowest BCUT2D eigenvalue weighted by Crippen LogP contribution is -2.51. The fraction of sp³-hybridized carbons (Fsp3) is 0.462. The number of piperidine rings is 1. The number of nitrogens with zero attached hydrogens (tertiary/aromatic N) is 4. The predicted octanol–water partition coefficient (Wildman–Crippen LogP) is 4.34. The number of piperazine rings is 1. The summed E-state index contributed by atoms with van der Waals surface area (Å²) in [5.74, 6) is 0.349. The molecule has 0 aliphatic carbocycles. The third kappa shape index (κ3) is 4.74. The molecule has 0 bridgehead atoms. The summed E-state index contributed by atoms with van der Waals surface area (Å²) in [4.78, 5) is 34.0. The van der Waals surface area contributed by atoms with E-state index in [0.29, 0.717) is 24.7 Å². The number of halogens is 1. The van der Waals surface area contributed by atoms with E-state index in [2.05, 4.69) is 29.5 Å². The van der Waals surface area contributed by atoms with Gasteiger partial charge in [0.1, 0.15) is 5.69 Å². The first kappa shape index (κ1) is 23.4. The van der Waals surface area contributed by atoms with Crippen molar-refractivity contribution in [1.82, 2.24) is 19.3 Å². The highest BCUT2D eigenvalue weighted by molar-refractivity contribution is 7.19. The predicted molar refractivity (Wildman–Crippen MR) is 138 cm³/mol. The highest BCUT2D eigenvalue weighted by atomic mass is 35.5. The third-order valence-corrected chi connectivity index (χ3v) is 8.37. The average Bonchev–Trinajstić information content (AvgIpc) is 3.37. The van der Waals surface area contributed by atoms with Crippen LogP contribution in [-0.4, -0.2) is 77.4 Å². The van der Waals surface area contributed by atoms with Gasteiger partial charge in [0.2, 0.25) is 5.91 Å². The van der Waals surface area contributed by atoms with Crippen LogP contribution < -0.4 is 0 Å². The first-order valence-electron chi connectivity index (χ1n) is 12.0. The van der Waals surface area contributed by atoms with E-state index in [4.69, 9.17) is 11.6 Å². The Labute approximate surface area is 209 Å². The standard InChI is InChI=1S/C26H31ClN4O2S/c1-18-15-22-24(34-18)16-23(31(22)17-19-3-5-21(27)6-4-19)26(33)29-9-7-20(8-10-29)25(32)30-13-11-28(2)12-14-30/h3-6,15-16,20H,7-14,17H2,1-2H3. The molecule has 2 fully saturated rings. The summed E-state index contributed by atoms with van der Waals surface area (Å²) >= 11 is 7.79. The van der Waals surface area contributed by atoms with Crippen LogP contribution in [0.2, 0.25) is 5.02 Å². The van der Waals surface area contributed by atoms with Gasteiger partial charge in [-0.05, 0) is 56.6 Å². The number of hydrogen-bond acceptors (Lipinski definition) is 4. The lowest BCUT2D eigenvalue weighted by Gasteiger charge is -2.37. The van der Waals surface area contributed by atoms with Gasteiger partial charge >= 0.3 is 0 Å². The van der Waals surface area contributed by atoms with Crippen molar-refractivity contribution in [1.29, 1.82) is 0 Å². The zero-order valence-corrected chi connectivity index (χ0v) is 21.4. The Morgan fingerprint density at radius 3 is 2.32 bits per heavy atom. The highest BCUT2D eigenvalue weighted by Gasteiger charge is 2.32. The van der Waals surface area contributed by atoms with E-state index in [9.17, 15) is 9.59 Å². The maximum absolute atomic E-state index is 13.6. The van der Waals surface area contributed by atoms with Gasteiger partial charge in [0, 0.05) is 61.6 Å². The van der Waals surface area contributed by atoms with Gasteiger partial charge in [0.05, 0.1) is 10.2 Å². The number of hydrogen-bond donors (Lipinski definition) is 0. The smallest absolute Gasteiger partial charge is 0.270 e. The van der Waals surface area contributed by atoms with Crippen LogP contribution >= 0.6 is 22.9 Å². The van der Waals surface area contributed by atoms with Crippen molar-refractivity contribution in [2.75, 3.05) is 46.3 Å². The third-order valence-electron chi connectivity index (χ3n) is 7.13. The molecule has 1 aromatic carbocycles. The second-order valence-electron chi connectivity index (χ2n) is 9.54. The van der Waals surface area contributed by atoms with Crippen LogP contribution in [0, 0.1) is 12.8 Å². The van der Waals surface area contributed by atoms with Gasteiger partial charge < -0.3 is 19.3 Å². The molecule has 4 heterocycles. The van der Waals surface area contributed by atoms with E-state index in [1.807, 2.05) is 40.1 Å². The summed E-state index contributed by atoms with van der Waals surface area (Å²) in [7, 11) is 2.10. The normalized spacial score (nSPS) is 18.1. The molecule has 0 saturated carbocycles. The number of rotatable bonds is 4. The van der Waals surface area contributed by atoms with Crippen molar-refractivity contribution in [2.45, 2.75) is 26.3 Å². The zero-order valence-electron chi connectivity index (χ0n) is 19.8. The quantitative estimate of drug-likeness (QED) is 0.537. The molecule has 2 aliphatic heterocycles. The molecular formula is C26H31ClN4O2S. The van der Waals surface area contributed by atoms with Crippen molar-refractivity contribution in [3.05, 3.63) is 57.6 Å². The van der Waals surface area contributed by atoms with Gasteiger partial charge in [0.15, 0.2) is 0 Å². The molecule has 2 aromatic heterocycles. The fourth-order valence-electron chi connectivity index (χ4n) is 5.06. The molecule has 3 aromatic rings. The van der Waals surface area contributed by atoms with Gasteiger partial charge in [-0.25, -0.2) is 0 Å². The van der Waals surface area contributed by atoms with Crippen LogP contribution in [0.3, 0.4) is 0 Å². The number of amides is 2. The fourth-order valence-corrected chi connectivity index (χ4v) is 6.15. The SMILES string of the molecule is Cc1cc2c(cc(C(=O)N3CCC(C(=O)N4CCN(C)CC4)CC3)n2Cc2ccc(Cl)cc2)s1. The Morgan fingerprint density at radius 2 is 1.65 bits per heavy atom. The number of aryl methyl sites for hydroxylation is 1. The molecule has 180 valence electrons. The minimum atomic E-state index is 0.0273. The molecule has 0 spiro atoms. The second kappa shape index (κ2) is 9.72. The van der Waals surface area contributed by atoms with Crippen LogP contribution in [0.1, 0.15) is 33.8 Å². The summed E-state index contributed by atoms with van der Waals surface area (Å²) in [5.41, 5.74) is 2.93. The summed E-state index contributed by atoms with van der Waals surface area (Å²) < 4.78 is 3.27. The van der Waals surface area contributed by atoms with Gasteiger partial charge in [-0.1, -0.05) is 23.7 Å². The maximum atomic E-state index is 13.6. The van der Waals surface area contributed by atoms with Crippen molar-refractivity contribution < 1.29 is 9.59 Å². The summed E-state index contributed by atoms with van der Waals surface area (Å²) in [6.45, 7) is 7.46. The molecule has 0 radical (unpaired) electrons. The van der Waals surface area contributed by atoms with E-state index in [0.717, 1.165) is 60.5 Å². The van der Waals surface area contributed by atoms with Crippen LogP contribution in [0.15, 0.2) is 36.4 Å². The number of likely N-dealkylation sites (N-methyl/N-ethyl adjacent to an activating group) is 1. The minimum absolute atomic E-state index is 0.0273. The molecule has 8 heteroatoms. The number of carbonyl (C=O) groups is 2. The Morgan fingerprint density at radius 1 is 0.971 bits per heavy atom. The van der Waals surface area contributed by atoms with Crippen molar-refractivity contribution >= 4 is 45.0 Å². The van der Waals surface area contributed by atoms with Crippen LogP contribution in [0.25, 0.3) is 10.2 Å². The van der Waals surface area contributed by atoms with Crippen molar-refractivity contribution in [3.63, 3.8) is 0 Å². The van der Waals surface area contributed by atoms with E-state index in [1.54, 1.807) is 11.3 Å². The number of likely N-dealkylation sites (tertiary alicyclic amines) is 1. The Bertz CT molecular complexity index is 1190. The highest BCUT2D eigenvalue weighted by Crippen LogP contribution is 2.31. The Balaban J connectivity index is 1.30. The molecule has 2 saturated heterocycles. The lowest BCUT2D eigenvalue weighted by molar-refractivity contribution is -0.138. The molecule has 5 rings (SSSR count). The van der Waals surface area contributed by atoms with Crippen LogP contribution in [0.4, 0.5) is 0 Å². The molecule has 0 atom stereocenters. The second-order valence-corrected chi connectivity index (χ2v) is 11.3. The Hall–Kier alpha value is -2.35. The van der Waals surface area contributed by atoms with Crippen molar-refractivity contribution in [3.8, 4) is 0 Å². The molecule has 34 heavy (non-hydrogen) atoms. The zero-order chi connectivity index (χ0) is 23.8. The molecule has 6 nitrogen and oxygen atoms in total. The van der Waals surface area contributed by atoms with E-state index in [1.165, 1.54) is 4.88 Å². The van der Waals surface area contributed by atoms with Gasteiger partial charge in [0.25, 0.3) is 5.91 Å². The molecule has 2 amide bonds. The van der Waals surface area contributed by atoms with Crippen molar-refractivity contribution in [2.24, 2.45) is 5.92 Å². The molecule has 2 aliphatic rings. The summed E-state index contributed by atoms with van der Waals surface area (Å²) in [6, 6.07) is 12.0. The molecular weight excluding hydrogens is 468 g/mol. The first-order chi connectivity index (χ1) is 16.4. The summed E-state index contributed by atoms with van der Waals surface area (Å²) in [5, 5.41) is 0.707. The minimum Gasteiger partial charge on any atom is -0.340 e. The Kier molecular flexibility index (Phi) is 6.69. The number of thiophene rings is 1. The van der Waals surface area contributed by atoms with Gasteiger partial charge in [-0.3, -0.25) is 9.59 Å². The number of aromatic nitrogens is 1. The van der Waals surface area contributed by atoms with E-state index >= 15 is 0 Å². The maximum Gasteiger partial charge on any atom is 0.270 e. The average molecular weight is 499 g/mol. The number of carbonyl (C=O) groups excluding carboxylic acids is 2. The van der Waals surface area contributed by atoms with E-state index < -0.39 is 0 Å². The number of benzene rings is 1. The first-order valence-corrected chi connectivity index (χ1v) is 13.2. The molecule has 0 unspecified atom stereocenters. The van der Waals surface area contributed by atoms with Gasteiger partial charge in [-0.2, -0.15) is 0 Å². The largest absolute Gasteiger partial charge is 0.340 e. The van der Waals surface area contributed by atoms with E-state index in [-0.39, 0.29) is 17.7 Å². The topological polar surface area (TPSA) is 48.8 Å². The monoisotopic (exact) mass is 498 g/mol. The van der Waals surface area contributed by atoms with Crippen LogP contribution in [-0.2, 0) is 11.3 Å². The number of fused-ring (bicyclic) bond motifs is 1. The van der Waals surface area contributed by atoms with Crippen LogP contribution in [0.5, 0.6) is 0 Å².